The van der Waals surface area contributed by atoms with Crippen LogP contribution >= 0.6 is 0 Å². The molecule has 0 spiro atoms. The Kier molecular flexibility index (Phi) is 4.80. The topological polar surface area (TPSA) is 41.9 Å². The molecule has 0 atom stereocenters. The molecule has 0 saturated heterocycles. The molecule has 4 rings (SSSR count). The van der Waals surface area contributed by atoms with Gasteiger partial charge in [-0.15, -0.1) is 0 Å². The molecule has 144 valence electrons. The van der Waals surface area contributed by atoms with Gasteiger partial charge in [0.2, 0.25) is 5.82 Å². The van der Waals surface area contributed by atoms with E-state index in [2.05, 4.69) is 19.9 Å². The SMILES string of the molecule is Fc1ccc(-c2ccc(CN3CCc4nc(C(F)(F)F)ncc4C3)cn2)cc1. The lowest BCUT2D eigenvalue weighted by Crippen LogP contribution is -2.31. The number of benzene rings is 1. The number of rotatable bonds is 3. The van der Waals surface area contributed by atoms with Crippen LogP contribution in [-0.4, -0.2) is 26.4 Å². The number of aromatic nitrogens is 3. The first kappa shape index (κ1) is 18.5. The fourth-order valence-corrected chi connectivity index (χ4v) is 3.21. The largest absolute Gasteiger partial charge is 0.451 e. The minimum atomic E-state index is -4.52. The predicted octanol–water partition coefficient (Wildman–Crippen LogP) is 4.25. The number of hydrogen-bond acceptors (Lipinski definition) is 4. The van der Waals surface area contributed by atoms with Crippen molar-refractivity contribution in [2.45, 2.75) is 25.7 Å². The highest BCUT2D eigenvalue weighted by atomic mass is 19.4. The normalized spacial score (nSPS) is 14.7. The van der Waals surface area contributed by atoms with Gasteiger partial charge in [-0.25, -0.2) is 14.4 Å². The Balaban J connectivity index is 1.43. The van der Waals surface area contributed by atoms with Gasteiger partial charge >= 0.3 is 6.18 Å². The number of hydrogen-bond donors (Lipinski definition) is 0. The molecule has 0 bridgehead atoms. The zero-order valence-electron chi connectivity index (χ0n) is 14.7. The molecule has 1 aliphatic rings. The van der Waals surface area contributed by atoms with Crippen molar-refractivity contribution in [2.24, 2.45) is 0 Å². The second kappa shape index (κ2) is 7.27. The average molecular weight is 388 g/mol. The molecule has 0 amide bonds. The fourth-order valence-electron chi connectivity index (χ4n) is 3.21. The van der Waals surface area contributed by atoms with Gasteiger partial charge in [0, 0.05) is 49.6 Å². The maximum absolute atomic E-state index is 13.0. The van der Waals surface area contributed by atoms with Crippen LogP contribution in [0.1, 0.15) is 22.6 Å². The monoisotopic (exact) mass is 388 g/mol. The van der Waals surface area contributed by atoms with Crippen molar-refractivity contribution in [1.29, 1.82) is 0 Å². The third-order valence-electron chi connectivity index (χ3n) is 4.64. The molecular weight excluding hydrogens is 372 g/mol. The van der Waals surface area contributed by atoms with Gasteiger partial charge in [-0.2, -0.15) is 13.2 Å². The van der Waals surface area contributed by atoms with Crippen molar-refractivity contribution >= 4 is 0 Å². The third-order valence-corrected chi connectivity index (χ3v) is 4.64. The summed E-state index contributed by atoms with van der Waals surface area (Å²) in [6, 6.07) is 9.95. The molecule has 0 N–H and O–H groups in total. The lowest BCUT2D eigenvalue weighted by molar-refractivity contribution is -0.145. The molecular formula is C20H16F4N4. The molecule has 0 saturated carbocycles. The first-order valence-corrected chi connectivity index (χ1v) is 8.74. The summed E-state index contributed by atoms with van der Waals surface area (Å²) in [5, 5.41) is 0. The van der Waals surface area contributed by atoms with Gasteiger partial charge < -0.3 is 0 Å². The molecule has 0 fully saturated rings. The quantitative estimate of drug-likeness (QED) is 0.629. The number of pyridine rings is 1. The molecule has 3 heterocycles. The standard InChI is InChI=1S/C20H16F4N4/c21-16-4-2-14(3-5-16)17-6-1-13(9-25-17)11-28-8-7-18-15(12-28)10-26-19(27-18)20(22,23)24/h1-6,9-10H,7-8,11-12H2. The molecule has 0 unspecified atom stereocenters. The Bertz CT molecular complexity index is 969. The van der Waals surface area contributed by atoms with Crippen LogP contribution in [0.5, 0.6) is 0 Å². The number of halogens is 4. The highest BCUT2D eigenvalue weighted by Crippen LogP contribution is 2.28. The van der Waals surface area contributed by atoms with Crippen LogP contribution in [0.25, 0.3) is 11.3 Å². The van der Waals surface area contributed by atoms with Gasteiger partial charge in [0.15, 0.2) is 0 Å². The minimum Gasteiger partial charge on any atom is -0.294 e. The summed E-state index contributed by atoms with van der Waals surface area (Å²) >= 11 is 0. The summed E-state index contributed by atoms with van der Waals surface area (Å²) in [6.45, 7) is 1.73. The van der Waals surface area contributed by atoms with E-state index in [0.717, 1.165) is 22.4 Å². The van der Waals surface area contributed by atoms with E-state index >= 15 is 0 Å². The first-order chi connectivity index (χ1) is 13.4. The highest BCUT2D eigenvalue weighted by molar-refractivity contribution is 5.58. The summed E-state index contributed by atoms with van der Waals surface area (Å²) < 4.78 is 51.2. The Morgan fingerprint density at radius 2 is 1.75 bits per heavy atom. The molecule has 2 aromatic heterocycles. The van der Waals surface area contributed by atoms with Crippen LogP contribution in [0.2, 0.25) is 0 Å². The molecule has 1 aliphatic heterocycles. The molecule has 8 heteroatoms. The second-order valence-corrected chi connectivity index (χ2v) is 6.68. The summed E-state index contributed by atoms with van der Waals surface area (Å²) in [6.07, 6.45) is -1.04. The molecule has 28 heavy (non-hydrogen) atoms. The Hall–Kier alpha value is -2.87. The van der Waals surface area contributed by atoms with Crippen molar-refractivity contribution in [1.82, 2.24) is 19.9 Å². The van der Waals surface area contributed by atoms with E-state index in [1.807, 2.05) is 12.1 Å². The first-order valence-electron chi connectivity index (χ1n) is 8.74. The van der Waals surface area contributed by atoms with Gasteiger partial charge in [0.1, 0.15) is 5.82 Å². The van der Waals surface area contributed by atoms with E-state index in [0.29, 0.717) is 31.7 Å². The maximum atomic E-state index is 13.0. The molecule has 1 aromatic carbocycles. The number of nitrogens with zero attached hydrogens (tertiary/aromatic N) is 4. The summed E-state index contributed by atoms with van der Waals surface area (Å²) in [5.74, 6) is -1.38. The zero-order chi connectivity index (χ0) is 19.7. The lowest BCUT2D eigenvalue weighted by Gasteiger charge is -2.28. The lowest BCUT2D eigenvalue weighted by atomic mass is 10.1. The van der Waals surface area contributed by atoms with Crippen LogP contribution in [-0.2, 0) is 25.7 Å². The van der Waals surface area contributed by atoms with Gasteiger partial charge in [-0.05, 0) is 35.9 Å². The van der Waals surface area contributed by atoms with Crippen molar-refractivity contribution in [3.63, 3.8) is 0 Å². The van der Waals surface area contributed by atoms with Crippen LogP contribution in [0.15, 0.2) is 48.8 Å². The molecule has 4 nitrogen and oxygen atoms in total. The van der Waals surface area contributed by atoms with Crippen molar-refractivity contribution in [3.05, 3.63) is 77.3 Å². The van der Waals surface area contributed by atoms with Crippen molar-refractivity contribution in [3.8, 4) is 11.3 Å². The Morgan fingerprint density at radius 1 is 0.964 bits per heavy atom. The minimum absolute atomic E-state index is 0.294. The van der Waals surface area contributed by atoms with E-state index in [9.17, 15) is 17.6 Å². The van der Waals surface area contributed by atoms with Gasteiger partial charge in [0.25, 0.3) is 0 Å². The Morgan fingerprint density at radius 3 is 2.43 bits per heavy atom. The van der Waals surface area contributed by atoms with E-state index < -0.39 is 12.0 Å². The summed E-state index contributed by atoms with van der Waals surface area (Å²) in [4.78, 5) is 13.7. The van der Waals surface area contributed by atoms with Crippen molar-refractivity contribution < 1.29 is 17.6 Å². The van der Waals surface area contributed by atoms with Crippen LogP contribution < -0.4 is 0 Å². The van der Waals surface area contributed by atoms with Crippen molar-refractivity contribution in [2.75, 3.05) is 6.54 Å². The summed E-state index contributed by atoms with van der Waals surface area (Å²) in [7, 11) is 0. The average Bonchev–Trinajstić information content (AvgIpc) is 2.68. The summed E-state index contributed by atoms with van der Waals surface area (Å²) in [5.41, 5.74) is 3.75. The number of alkyl halides is 3. The fraction of sp³-hybridized carbons (Fsp3) is 0.250. The van der Waals surface area contributed by atoms with Crippen LogP contribution in [0, 0.1) is 5.82 Å². The van der Waals surface area contributed by atoms with E-state index in [-0.39, 0.29) is 5.82 Å². The second-order valence-electron chi connectivity index (χ2n) is 6.68. The zero-order valence-corrected chi connectivity index (χ0v) is 14.7. The van der Waals surface area contributed by atoms with Gasteiger partial charge in [-0.1, -0.05) is 6.07 Å². The maximum Gasteiger partial charge on any atom is 0.451 e. The van der Waals surface area contributed by atoms with E-state index in [4.69, 9.17) is 0 Å². The van der Waals surface area contributed by atoms with Crippen LogP contribution in [0.4, 0.5) is 17.6 Å². The van der Waals surface area contributed by atoms with E-state index in [1.165, 1.54) is 18.3 Å². The highest BCUT2D eigenvalue weighted by Gasteiger charge is 2.35. The van der Waals surface area contributed by atoms with Gasteiger partial charge in [0.05, 0.1) is 11.4 Å². The molecule has 0 radical (unpaired) electrons. The smallest absolute Gasteiger partial charge is 0.294 e. The van der Waals surface area contributed by atoms with E-state index in [1.54, 1.807) is 18.3 Å². The predicted molar refractivity (Wildman–Crippen MR) is 94.5 cm³/mol. The van der Waals surface area contributed by atoms with Gasteiger partial charge in [-0.3, -0.25) is 9.88 Å². The third kappa shape index (κ3) is 4.01. The number of fused-ring (bicyclic) bond motifs is 1. The Labute approximate surface area is 158 Å². The molecule has 3 aromatic rings. The molecule has 0 aliphatic carbocycles. The van der Waals surface area contributed by atoms with Crippen LogP contribution in [0.3, 0.4) is 0 Å².